The van der Waals surface area contributed by atoms with Crippen molar-refractivity contribution in [2.75, 3.05) is 13.1 Å². The van der Waals surface area contributed by atoms with Crippen LogP contribution in [0.25, 0.3) is 0 Å². The molecule has 2 aromatic rings. The molecule has 2 atom stereocenters. The number of ether oxygens (including phenoxy) is 1. The lowest BCUT2D eigenvalue weighted by molar-refractivity contribution is 0.0914. The van der Waals surface area contributed by atoms with E-state index in [1.807, 2.05) is 42.5 Å². The molecule has 2 aromatic carbocycles. The van der Waals surface area contributed by atoms with Crippen molar-refractivity contribution in [3.05, 3.63) is 60.2 Å². The average molecular weight is 310 g/mol. The molecular weight excluding hydrogens is 288 g/mol. The summed E-state index contributed by atoms with van der Waals surface area (Å²) in [7, 11) is 0. The smallest absolute Gasteiger partial charge is 0.251 e. The molecule has 0 spiro atoms. The quantitative estimate of drug-likeness (QED) is 0.912. The van der Waals surface area contributed by atoms with Gasteiger partial charge in [-0.25, -0.2) is 0 Å². The number of piperidine rings is 1. The summed E-state index contributed by atoms with van der Waals surface area (Å²) in [5, 5.41) is 6.47. The lowest BCUT2D eigenvalue weighted by Crippen LogP contribution is -2.48. The van der Waals surface area contributed by atoms with Crippen molar-refractivity contribution < 1.29 is 9.53 Å². The van der Waals surface area contributed by atoms with Gasteiger partial charge >= 0.3 is 0 Å². The molecular formula is C19H22N2O2. The van der Waals surface area contributed by atoms with Crippen LogP contribution in [-0.2, 0) is 0 Å². The summed E-state index contributed by atoms with van der Waals surface area (Å²) < 4.78 is 5.74. The first kappa shape index (κ1) is 15.6. The summed E-state index contributed by atoms with van der Waals surface area (Å²) in [6.07, 6.45) is 0.974. The molecule has 0 bridgehead atoms. The van der Waals surface area contributed by atoms with Crippen LogP contribution in [0.3, 0.4) is 0 Å². The second-order valence-corrected chi connectivity index (χ2v) is 5.99. The maximum atomic E-state index is 12.4. The molecule has 23 heavy (non-hydrogen) atoms. The summed E-state index contributed by atoms with van der Waals surface area (Å²) in [6.45, 7) is 4.07. The largest absolute Gasteiger partial charge is 0.457 e. The molecule has 2 unspecified atom stereocenters. The van der Waals surface area contributed by atoms with Crippen molar-refractivity contribution in [2.45, 2.75) is 19.4 Å². The number of hydrogen-bond donors (Lipinski definition) is 2. The molecule has 0 aliphatic carbocycles. The minimum Gasteiger partial charge on any atom is -0.457 e. The van der Waals surface area contributed by atoms with E-state index in [2.05, 4.69) is 17.6 Å². The van der Waals surface area contributed by atoms with Crippen LogP contribution in [-0.4, -0.2) is 25.0 Å². The number of benzene rings is 2. The molecule has 1 aliphatic heterocycles. The third-order valence-electron chi connectivity index (χ3n) is 4.20. The SMILES string of the molecule is CC1CNCCC1NC(=O)c1ccc(Oc2ccccc2)cc1. The van der Waals surface area contributed by atoms with Gasteiger partial charge in [-0.15, -0.1) is 0 Å². The van der Waals surface area contributed by atoms with Gasteiger partial charge in [0.1, 0.15) is 11.5 Å². The molecule has 120 valence electrons. The Bertz CT molecular complexity index is 640. The van der Waals surface area contributed by atoms with Gasteiger partial charge in [0.05, 0.1) is 0 Å². The van der Waals surface area contributed by atoms with E-state index in [0.717, 1.165) is 31.0 Å². The van der Waals surface area contributed by atoms with Gasteiger partial charge in [-0.2, -0.15) is 0 Å². The first-order chi connectivity index (χ1) is 11.2. The minimum atomic E-state index is -0.0185. The minimum absolute atomic E-state index is 0.0185. The molecule has 1 saturated heterocycles. The fourth-order valence-electron chi connectivity index (χ4n) is 2.78. The Morgan fingerprint density at radius 1 is 1.09 bits per heavy atom. The molecule has 1 heterocycles. The molecule has 2 N–H and O–H groups in total. The summed E-state index contributed by atoms with van der Waals surface area (Å²) in [5.41, 5.74) is 0.663. The molecule has 0 aromatic heterocycles. The van der Waals surface area contributed by atoms with E-state index in [-0.39, 0.29) is 11.9 Å². The molecule has 3 rings (SSSR count). The second-order valence-electron chi connectivity index (χ2n) is 5.99. The highest BCUT2D eigenvalue weighted by atomic mass is 16.5. The van der Waals surface area contributed by atoms with Gasteiger partial charge in [-0.1, -0.05) is 25.1 Å². The highest BCUT2D eigenvalue weighted by Gasteiger charge is 2.22. The molecule has 1 amide bonds. The van der Waals surface area contributed by atoms with Crippen LogP contribution in [0.5, 0.6) is 11.5 Å². The average Bonchev–Trinajstić information content (AvgIpc) is 2.58. The normalized spacial score (nSPS) is 20.7. The second kappa shape index (κ2) is 7.29. The number of nitrogens with one attached hydrogen (secondary N) is 2. The van der Waals surface area contributed by atoms with Gasteiger partial charge in [0.15, 0.2) is 0 Å². The summed E-state index contributed by atoms with van der Waals surface area (Å²) in [6, 6.07) is 17.1. The van der Waals surface area contributed by atoms with Crippen molar-refractivity contribution in [3.8, 4) is 11.5 Å². The Hall–Kier alpha value is -2.33. The van der Waals surface area contributed by atoms with Gasteiger partial charge in [-0.3, -0.25) is 4.79 Å². The summed E-state index contributed by atoms with van der Waals surface area (Å²) >= 11 is 0. The summed E-state index contributed by atoms with van der Waals surface area (Å²) in [4.78, 5) is 12.4. The zero-order valence-electron chi connectivity index (χ0n) is 13.3. The fraction of sp³-hybridized carbons (Fsp3) is 0.316. The van der Waals surface area contributed by atoms with Crippen molar-refractivity contribution >= 4 is 5.91 Å². The first-order valence-electron chi connectivity index (χ1n) is 8.07. The Morgan fingerprint density at radius 3 is 2.48 bits per heavy atom. The predicted molar refractivity (Wildman–Crippen MR) is 90.9 cm³/mol. The number of carbonyl (C=O) groups is 1. The molecule has 0 radical (unpaired) electrons. The van der Waals surface area contributed by atoms with Gasteiger partial charge in [0.25, 0.3) is 5.91 Å². The van der Waals surface area contributed by atoms with Crippen molar-refractivity contribution in [3.63, 3.8) is 0 Å². The third kappa shape index (κ3) is 4.11. The maximum absolute atomic E-state index is 12.4. The van der Waals surface area contributed by atoms with Crippen molar-refractivity contribution in [2.24, 2.45) is 5.92 Å². The maximum Gasteiger partial charge on any atom is 0.251 e. The molecule has 4 nitrogen and oxygen atoms in total. The highest BCUT2D eigenvalue weighted by Crippen LogP contribution is 2.21. The number of amides is 1. The van der Waals surface area contributed by atoms with Crippen molar-refractivity contribution in [1.29, 1.82) is 0 Å². The van der Waals surface area contributed by atoms with Gasteiger partial charge in [0.2, 0.25) is 0 Å². The summed E-state index contributed by atoms with van der Waals surface area (Å²) in [5.74, 6) is 1.94. The van der Waals surface area contributed by atoms with E-state index >= 15 is 0 Å². The molecule has 1 fully saturated rings. The number of para-hydroxylation sites is 1. The van der Waals surface area contributed by atoms with Crippen LogP contribution in [0.4, 0.5) is 0 Å². The van der Waals surface area contributed by atoms with Crippen LogP contribution in [0.2, 0.25) is 0 Å². The Kier molecular flexibility index (Phi) is 4.93. The first-order valence-corrected chi connectivity index (χ1v) is 8.07. The van der Waals surface area contributed by atoms with Crippen LogP contribution in [0.15, 0.2) is 54.6 Å². The van der Waals surface area contributed by atoms with E-state index in [1.54, 1.807) is 12.1 Å². The Morgan fingerprint density at radius 2 is 1.78 bits per heavy atom. The zero-order valence-corrected chi connectivity index (χ0v) is 13.3. The van der Waals surface area contributed by atoms with Crippen molar-refractivity contribution in [1.82, 2.24) is 10.6 Å². The van der Waals surface area contributed by atoms with E-state index in [4.69, 9.17) is 4.74 Å². The van der Waals surface area contributed by atoms with Gasteiger partial charge in [-0.05, 0) is 61.8 Å². The monoisotopic (exact) mass is 310 g/mol. The zero-order chi connectivity index (χ0) is 16.1. The standard InChI is InChI=1S/C19H22N2O2/c1-14-13-20-12-11-18(14)21-19(22)15-7-9-17(10-8-15)23-16-5-3-2-4-6-16/h2-10,14,18,20H,11-13H2,1H3,(H,21,22). The van der Waals surface area contributed by atoms with Crippen LogP contribution in [0, 0.1) is 5.92 Å². The molecule has 4 heteroatoms. The molecule has 0 saturated carbocycles. The number of rotatable bonds is 4. The van der Waals surface area contributed by atoms with E-state index < -0.39 is 0 Å². The number of carbonyl (C=O) groups excluding carboxylic acids is 1. The molecule has 1 aliphatic rings. The lowest BCUT2D eigenvalue weighted by atomic mass is 9.95. The van der Waals surface area contributed by atoms with E-state index in [0.29, 0.717) is 11.5 Å². The van der Waals surface area contributed by atoms with Gasteiger partial charge < -0.3 is 15.4 Å². The number of hydrogen-bond acceptors (Lipinski definition) is 3. The lowest BCUT2D eigenvalue weighted by Gasteiger charge is -2.30. The van der Waals surface area contributed by atoms with E-state index in [1.165, 1.54) is 0 Å². The predicted octanol–water partition coefficient (Wildman–Crippen LogP) is 3.21. The van der Waals surface area contributed by atoms with Crippen LogP contribution in [0.1, 0.15) is 23.7 Å². The van der Waals surface area contributed by atoms with Crippen LogP contribution >= 0.6 is 0 Å². The van der Waals surface area contributed by atoms with Crippen LogP contribution < -0.4 is 15.4 Å². The third-order valence-corrected chi connectivity index (χ3v) is 4.20. The Balaban J connectivity index is 1.61. The van der Waals surface area contributed by atoms with Gasteiger partial charge in [0, 0.05) is 11.6 Å². The topological polar surface area (TPSA) is 50.4 Å². The Labute approximate surface area is 136 Å². The fourth-order valence-corrected chi connectivity index (χ4v) is 2.78. The highest BCUT2D eigenvalue weighted by molar-refractivity contribution is 5.94. The van der Waals surface area contributed by atoms with E-state index in [9.17, 15) is 4.79 Å².